The van der Waals surface area contributed by atoms with Gasteiger partial charge in [0.05, 0.1) is 19.1 Å². The van der Waals surface area contributed by atoms with Crippen molar-refractivity contribution in [3.8, 4) is 11.8 Å². The molecule has 0 fully saturated rings. The molecule has 2 aromatic rings. The second kappa shape index (κ2) is 6.78. The molecule has 4 nitrogen and oxygen atoms in total. The molecule has 0 saturated heterocycles. The highest BCUT2D eigenvalue weighted by Crippen LogP contribution is 2.13. The lowest BCUT2D eigenvalue weighted by molar-refractivity contribution is 0.0785. The molecule has 0 unspecified atom stereocenters. The number of benzene rings is 1. The summed E-state index contributed by atoms with van der Waals surface area (Å²) in [5.74, 6) is 5.78. The smallest absolute Gasteiger partial charge is 0.253 e. The fourth-order valence-corrected chi connectivity index (χ4v) is 2.03. The molecule has 1 amide bonds. The highest BCUT2D eigenvalue weighted by atomic mass is 16.3. The Labute approximate surface area is 124 Å². The first kappa shape index (κ1) is 14.9. The predicted molar refractivity (Wildman–Crippen MR) is 81.6 cm³/mol. The lowest BCUT2D eigenvalue weighted by Crippen LogP contribution is -2.26. The van der Waals surface area contributed by atoms with Crippen LogP contribution in [0.3, 0.4) is 0 Å². The van der Waals surface area contributed by atoms with Gasteiger partial charge in [0.25, 0.3) is 5.91 Å². The molecule has 1 aromatic heterocycles. The van der Waals surface area contributed by atoms with E-state index in [0.29, 0.717) is 18.7 Å². The van der Waals surface area contributed by atoms with E-state index in [9.17, 15) is 4.79 Å². The van der Waals surface area contributed by atoms with Crippen LogP contribution in [0.15, 0.2) is 41.2 Å². The zero-order valence-corrected chi connectivity index (χ0v) is 12.2. The zero-order valence-electron chi connectivity index (χ0n) is 12.2. The van der Waals surface area contributed by atoms with Gasteiger partial charge < -0.3 is 15.1 Å². The van der Waals surface area contributed by atoms with E-state index in [-0.39, 0.29) is 5.91 Å². The van der Waals surface area contributed by atoms with Crippen molar-refractivity contribution in [3.63, 3.8) is 0 Å². The molecule has 1 heterocycles. The van der Waals surface area contributed by atoms with Gasteiger partial charge in [-0.15, -0.1) is 0 Å². The molecule has 0 atom stereocenters. The summed E-state index contributed by atoms with van der Waals surface area (Å²) in [5, 5.41) is 0. The van der Waals surface area contributed by atoms with Crippen molar-refractivity contribution in [2.24, 2.45) is 5.73 Å². The normalized spacial score (nSPS) is 9.86. The van der Waals surface area contributed by atoms with E-state index in [1.54, 1.807) is 30.5 Å². The fourth-order valence-electron chi connectivity index (χ4n) is 2.03. The number of furan rings is 1. The topological polar surface area (TPSA) is 59.5 Å². The molecule has 0 aliphatic heterocycles. The molecule has 2 rings (SSSR count). The molecule has 0 bridgehead atoms. The number of carbonyl (C=O) groups excluding carboxylic acids is 1. The molecule has 0 aliphatic rings. The number of nitrogens with two attached hydrogens (primary N) is 1. The Hall–Kier alpha value is -2.51. The summed E-state index contributed by atoms with van der Waals surface area (Å²) in [4.78, 5) is 14.0. The Balaban J connectivity index is 2.14. The number of nitrogens with zero attached hydrogens (tertiary/aromatic N) is 1. The third kappa shape index (κ3) is 3.74. The number of amides is 1. The first-order chi connectivity index (χ1) is 10.1. The van der Waals surface area contributed by atoms with Gasteiger partial charge in [-0.1, -0.05) is 11.8 Å². The molecule has 1 aromatic carbocycles. The minimum atomic E-state index is -0.0300. The van der Waals surface area contributed by atoms with Crippen LogP contribution in [0.5, 0.6) is 0 Å². The minimum absolute atomic E-state index is 0.0300. The van der Waals surface area contributed by atoms with Crippen LogP contribution in [0.4, 0.5) is 0 Å². The average Bonchev–Trinajstić information content (AvgIpc) is 2.98. The molecule has 2 N–H and O–H groups in total. The number of aryl methyl sites for hydroxylation is 1. The van der Waals surface area contributed by atoms with Crippen LogP contribution in [0.25, 0.3) is 0 Å². The predicted octanol–water partition coefficient (Wildman–Crippen LogP) is 2.17. The van der Waals surface area contributed by atoms with Gasteiger partial charge in [0.2, 0.25) is 0 Å². The van der Waals surface area contributed by atoms with Gasteiger partial charge in [0.15, 0.2) is 0 Å². The van der Waals surface area contributed by atoms with Gasteiger partial charge in [-0.05, 0) is 36.8 Å². The van der Waals surface area contributed by atoms with Crippen LogP contribution >= 0.6 is 0 Å². The van der Waals surface area contributed by atoms with Crippen molar-refractivity contribution in [2.75, 3.05) is 13.6 Å². The summed E-state index contributed by atoms with van der Waals surface area (Å²) in [6.45, 7) is 2.78. The Bertz CT molecular complexity index is 679. The fraction of sp³-hybridized carbons (Fsp3) is 0.235. The van der Waals surface area contributed by atoms with Crippen LogP contribution < -0.4 is 5.73 Å². The Morgan fingerprint density at radius 1 is 1.38 bits per heavy atom. The largest absolute Gasteiger partial charge is 0.472 e. The van der Waals surface area contributed by atoms with E-state index in [4.69, 9.17) is 10.2 Å². The summed E-state index contributed by atoms with van der Waals surface area (Å²) in [7, 11) is 1.77. The maximum atomic E-state index is 12.4. The molecule has 21 heavy (non-hydrogen) atoms. The van der Waals surface area contributed by atoms with Gasteiger partial charge in [-0.3, -0.25) is 4.79 Å². The highest BCUT2D eigenvalue weighted by Gasteiger charge is 2.13. The van der Waals surface area contributed by atoms with Crippen molar-refractivity contribution >= 4 is 5.91 Å². The first-order valence-electron chi connectivity index (χ1n) is 6.68. The second-order valence-corrected chi connectivity index (χ2v) is 4.83. The van der Waals surface area contributed by atoms with Gasteiger partial charge in [0, 0.05) is 30.3 Å². The molecule has 0 aliphatic carbocycles. The maximum Gasteiger partial charge on any atom is 0.253 e. The summed E-state index contributed by atoms with van der Waals surface area (Å²) in [5.41, 5.74) is 8.85. The third-order valence-electron chi connectivity index (χ3n) is 3.15. The molecular formula is C17H18N2O2. The molecule has 108 valence electrons. The molecular weight excluding hydrogens is 264 g/mol. The zero-order chi connectivity index (χ0) is 15.2. The van der Waals surface area contributed by atoms with E-state index >= 15 is 0 Å². The van der Waals surface area contributed by atoms with E-state index in [0.717, 1.165) is 16.7 Å². The van der Waals surface area contributed by atoms with Crippen molar-refractivity contribution in [3.05, 3.63) is 59.0 Å². The summed E-state index contributed by atoms with van der Waals surface area (Å²) in [6, 6.07) is 7.36. The van der Waals surface area contributed by atoms with Crippen molar-refractivity contribution < 1.29 is 9.21 Å². The van der Waals surface area contributed by atoms with Crippen LogP contribution in [0.1, 0.15) is 27.0 Å². The van der Waals surface area contributed by atoms with E-state index in [2.05, 4.69) is 11.8 Å². The molecule has 0 spiro atoms. The monoisotopic (exact) mass is 282 g/mol. The SMILES string of the molecule is Cc1cc(C(=O)N(C)Cc2ccoc2)ccc1C#CCN. The minimum Gasteiger partial charge on any atom is -0.472 e. The summed E-state index contributed by atoms with van der Waals surface area (Å²) in [6.07, 6.45) is 3.24. The number of hydrogen-bond donors (Lipinski definition) is 1. The summed E-state index contributed by atoms with van der Waals surface area (Å²) >= 11 is 0. The molecule has 4 heteroatoms. The van der Waals surface area contributed by atoms with Crippen LogP contribution in [0.2, 0.25) is 0 Å². The van der Waals surface area contributed by atoms with Crippen molar-refractivity contribution in [1.29, 1.82) is 0 Å². The van der Waals surface area contributed by atoms with Crippen LogP contribution in [0, 0.1) is 18.8 Å². The molecule has 0 radical (unpaired) electrons. The number of carbonyl (C=O) groups is 1. The Morgan fingerprint density at radius 3 is 2.81 bits per heavy atom. The first-order valence-corrected chi connectivity index (χ1v) is 6.68. The van der Waals surface area contributed by atoms with Crippen LogP contribution in [-0.4, -0.2) is 24.4 Å². The van der Waals surface area contributed by atoms with Gasteiger partial charge >= 0.3 is 0 Å². The van der Waals surface area contributed by atoms with Gasteiger partial charge in [-0.2, -0.15) is 0 Å². The van der Waals surface area contributed by atoms with Crippen molar-refractivity contribution in [1.82, 2.24) is 4.90 Å². The highest BCUT2D eigenvalue weighted by molar-refractivity contribution is 5.94. The van der Waals surface area contributed by atoms with E-state index < -0.39 is 0 Å². The third-order valence-corrected chi connectivity index (χ3v) is 3.15. The lowest BCUT2D eigenvalue weighted by Gasteiger charge is -2.16. The quantitative estimate of drug-likeness (QED) is 0.878. The second-order valence-electron chi connectivity index (χ2n) is 4.83. The van der Waals surface area contributed by atoms with E-state index in [1.807, 2.05) is 25.1 Å². The van der Waals surface area contributed by atoms with E-state index in [1.165, 1.54) is 0 Å². The standard InChI is InChI=1S/C17H18N2O2/c1-13-10-16(6-5-15(13)4-3-8-18)17(20)19(2)11-14-7-9-21-12-14/h5-7,9-10,12H,8,11,18H2,1-2H3. The van der Waals surface area contributed by atoms with Gasteiger partial charge in [0.1, 0.15) is 0 Å². The maximum absolute atomic E-state index is 12.4. The van der Waals surface area contributed by atoms with Gasteiger partial charge in [-0.25, -0.2) is 0 Å². The van der Waals surface area contributed by atoms with Crippen molar-refractivity contribution in [2.45, 2.75) is 13.5 Å². The molecule has 0 saturated carbocycles. The lowest BCUT2D eigenvalue weighted by atomic mass is 10.0. The Morgan fingerprint density at radius 2 is 2.19 bits per heavy atom. The average molecular weight is 282 g/mol. The van der Waals surface area contributed by atoms with Crippen LogP contribution in [-0.2, 0) is 6.54 Å². The summed E-state index contributed by atoms with van der Waals surface area (Å²) < 4.78 is 5.01. The Kier molecular flexibility index (Phi) is 4.81. The number of hydrogen-bond acceptors (Lipinski definition) is 3. The number of rotatable bonds is 3.